The number of imide groups is 1. The van der Waals surface area contributed by atoms with Crippen LogP contribution in [0.25, 0.3) is 23.0 Å². The van der Waals surface area contributed by atoms with Gasteiger partial charge >= 0.3 is 0 Å². The SMILES string of the molecule is COc1ccc(CN2C(=O)C(C#N)=C(C)/C(=C\c3cn(-c4ccccc4)nc3-c3ccc(OC(C)C)cc3)C2=O)cc1. The van der Waals surface area contributed by atoms with E-state index >= 15 is 0 Å². The monoisotopic (exact) mass is 558 g/mol. The van der Waals surface area contributed by atoms with E-state index < -0.39 is 11.8 Å². The lowest BCUT2D eigenvalue weighted by Crippen LogP contribution is -2.42. The maximum Gasteiger partial charge on any atom is 0.271 e. The smallest absolute Gasteiger partial charge is 0.271 e. The molecule has 0 fully saturated rings. The van der Waals surface area contributed by atoms with Gasteiger partial charge in [0.15, 0.2) is 0 Å². The van der Waals surface area contributed by atoms with Gasteiger partial charge in [-0.05, 0) is 86.5 Å². The Balaban J connectivity index is 1.60. The summed E-state index contributed by atoms with van der Waals surface area (Å²) in [5.74, 6) is 0.305. The van der Waals surface area contributed by atoms with Crippen molar-refractivity contribution in [3.63, 3.8) is 0 Å². The number of benzene rings is 3. The van der Waals surface area contributed by atoms with Gasteiger partial charge in [-0.2, -0.15) is 10.4 Å². The molecule has 42 heavy (non-hydrogen) atoms. The highest BCUT2D eigenvalue weighted by Gasteiger charge is 2.35. The molecule has 2 heterocycles. The van der Waals surface area contributed by atoms with E-state index in [-0.39, 0.29) is 23.8 Å². The third-order valence-electron chi connectivity index (χ3n) is 6.89. The summed E-state index contributed by atoms with van der Waals surface area (Å²) >= 11 is 0. The van der Waals surface area contributed by atoms with E-state index in [9.17, 15) is 14.9 Å². The number of nitriles is 1. The number of para-hydroxylation sites is 1. The van der Waals surface area contributed by atoms with Gasteiger partial charge in [0.2, 0.25) is 0 Å². The minimum atomic E-state index is -0.617. The van der Waals surface area contributed by atoms with Crippen molar-refractivity contribution in [2.24, 2.45) is 0 Å². The number of carbonyl (C=O) groups is 2. The van der Waals surface area contributed by atoms with Crippen molar-refractivity contribution >= 4 is 17.9 Å². The van der Waals surface area contributed by atoms with Crippen LogP contribution in [0.1, 0.15) is 31.9 Å². The molecule has 0 bridgehead atoms. The molecule has 210 valence electrons. The first kappa shape index (κ1) is 28.1. The van der Waals surface area contributed by atoms with Crippen LogP contribution in [0.4, 0.5) is 0 Å². The number of hydrogen-bond donors (Lipinski definition) is 0. The molecule has 0 saturated heterocycles. The lowest BCUT2D eigenvalue weighted by Gasteiger charge is -2.27. The summed E-state index contributed by atoms with van der Waals surface area (Å²) in [4.78, 5) is 28.2. The second kappa shape index (κ2) is 12.0. The van der Waals surface area contributed by atoms with Crippen LogP contribution in [0, 0.1) is 11.3 Å². The molecule has 0 unspecified atom stereocenters. The van der Waals surface area contributed by atoms with Crippen LogP contribution in [-0.4, -0.2) is 39.7 Å². The molecular formula is C34H30N4O4. The topological polar surface area (TPSA) is 97.5 Å². The molecule has 1 aromatic heterocycles. The molecule has 8 heteroatoms. The highest BCUT2D eigenvalue weighted by atomic mass is 16.5. The van der Waals surface area contributed by atoms with E-state index in [0.717, 1.165) is 27.5 Å². The van der Waals surface area contributed by atoms with Gasteiger partial charge in [0.1, 0.15) is 23.1 Å². The second-order valence-electron chi connectivity index (χ2n) is 10.1. The highest BCUT2D eigenvalue weighted by Crippen LogP contribution is 2.32. The molecule has 5 rings (SSSR count). The van der Waals surface area contributed by atoms with Crippen molar-refractivity contribution in [1.82, 2.24) is 14.7 Å². The molecule has 1 aliphatic rings. The maximum absolute atomic E-state index is 13.8. The van der Waals surface area contributed by atoms with Crippen molar-refractivity contribution in [1.29, 1.82) is 5.26 Å². The lowest BCUT2D eigenvalue weighted by molar-refractivity contribution is -0.141. The maximum atomic E-state index is 13.8. The summed E-state index contributed by atoms with van der Waals surface area (Å²) in [6.07, 6.45) is 3.59. The molecule has 4 aromatic rings. The first-order valence-corrected chi connectivity index (χ1v) is 13.5. The number of carbonyl (C=O) groups excluding carboxylic acids is 2. The Labute approximate surface area is 244 Å². The summed E-state index contributed by atoms with van der Waals surface area (Å²) in [5, 5.41) is 14.7. The predicted molar refractivity (Wildman–Crippen MR) is 160 cm³/mol. The fraction of sp³-hybridized carbons (Fsp3) is 0.176. The lowest BCUT2D eigenvalue weighted by atomic mass is 9.93. The number of ether oxygens (including phenoxy) is 2. The molecular weight excluding hydrogens is 528 g/mol. The van der Waals surface area contributed by atoms with E-state index in [4.69, 9.17) is 14.6 Å². The van der Waals surface area contributed by atoms with E-state index in [2.05, 4.69) is 0 Å². The summed E-state index contributed by atoms with van der Waals surface area (Å²) in [5.41, 5.74) is 4.22. The van der Waals surface area contributed by atoms with Gasteiger partial charge in [0.05, 0.1) is 31.1 Å². The minimum Gasteiger partial charge on any atom is -0.497 e. The van der Waals surface area contributed by atoms with Gasteiger partial charge in [-0.15, -0.1) is 0 Å². The second-order valence-corrected chi connectivity index (χ2v) is 10.1. The Morgan fingerprint density at radius 2 is 1.60 bits per heavy atom. The largest absolute Gasteiger partial charge is 0.497 e. The zero-order chi connectivity index (χ0) is 29.8. The standard InChI is InChI=1S/C34H30N4O4/c1-22(2)42-29-16-12-25(13-17-29)32-26(21-38(36-32)27-8-6-5-7-9-27)18-30-23(3)31(19-35)34(40)37(33(30)39)20-24-10-14-28(41-4)15-11-24/h5-18,21-22H,20H2,1-4H3/b30-18+. The molecule has 0 radical (unpaired) electrons. The molecule has 0 spiro atoms. The first-order valence-electron chi connectivity index (χ1n) is 13.5. The van der Waals surface area contributed by atoms with Gasteiger partial charge in [-0.3, -0.25) is 14.5 Å². The Hall–Kier alpha value is -5.42. The van der Waals surface area contributed by atoms with Crippen LogP contribution in [0.2, 0.25) is 0 Å². The molecule has 1 aliphatic heterocycles. The predicted octanol–water partition coefficient (Wildman–Crippen LogP) is 6.13. The Morgan fingerprint density at radius 3 is 2.21 bits per heavy atom. The van der Waals surface area contributed by atoms with Crippen molar-refractivity contribution in [3.05, 3.63) is 113 Å². The number of nitrogens with zero attached hydrogens (tertiary/aromatic N) is 4. The van der Waals surface area contributed by atoms with E-state index in [0.29, 0.717) is 22.6 Å². The summed E-state index contributed by atoms with van der Waals surface area (Å²) in [7, 11) is 1.57. The Morgan fingerprint density at radius 1 is 0.929 bits per heavy atom. The van der Waals surface area contributed by atoms with Crippen molar-refractivity contribution in [2.45, 2.75) is 33.4 Å². The van der Waals surface area contributed by atoms with Gasteiger partial charge in [-0.1, -0.05) is 30.3 Å². The van der Waals surface area contributed by atoms with Crippen LogP contribution < -0.4 is 9.47 Å². The number of rotatable bonds is 8. The van der Waals surface area contributed by atoms with E-state index in [1.807, 2.05) is 80.7 Å². The Kier molecular flexibility index (Phi) is 8.02. The number of methoxy groups -OCH3 is 1. The molecule has 0 atom stereocenters. The summed E-state index contributed by atoms with van der Waals surface area (Å²) in [6, 6.07) is 26.4. The van der Waals surface area contributed by atoms with Crippen LogP contribution in [0.5, 0.6) is 11.5 Å². The van der Waals surface area contributed by atoms with Gasteiger partial charge in [0.25, 0.3) is 11.8 Å². The number of aromatic nitrogens is 2. The van der Waals surface area contributed by atoms with Crippen LogP contribution in [-0.2, 0) is 16.1 Å². The third kappa shape index (κ3) is 5.72. The van der Waals surface area contributed by atoms with Crippen LogP contribution in [0.3, 0.4) is 0 Å². The normalized spacial score (nSPS) is 14.5. The molecule has 0 saturated carbocycles. The molecule has 2 amide bonds. The summed E-state index contributed by atoms with van der Waals surface area (Å²) < 4.78 is 12.8. The van der Waals surface area contributed by atoms with Crippen LogP contribution >= 0.6 is 0 Å². The van der Waals surface area contributed by atoms with E-state index in [1.165, 1.54) is 0 Å². The zero-order valence-corrected chi connectivity index (χ0v) is 23.9. The fourth-order valence-electron chi connectivity index (χ4n) is 4.74. The zero-order valence-electron chi connectivity index (χ0n) is 23.9. The van der Waals surface area contributed by atoms with Crippen molar-refractivity contribution < 1.29 is 19.1 Å². The average molecular weight is 559 g/mol. The molecule has 0 aliphatic carbocycles. The number of amides is 2. The van der Waals surface area contributed by atoms with Gasteiger partial charge < -0.3 is 9.47 Å². The summed E-state index contributed by atoms with van der Waals surface area (Å²) in [6.45, 7) is 5.58. The molecule has 8 nitrogen and oxygen atoms in total. The third-order valence-corrected chi connectivity index (χ3v) is 6.89. The molecule has 0 N–H and O–H groups in total. The Bertz CT molecular complexity index is 1730. The first-order chi connectivity index (χ1) is 20.3. The highest BCUT2D eigenvalue weighted by molar-refractivity contribution is 6.19. The van der Waals surface area contributed by atoms with Crippen molar-refractivity contribution in [2.75, 3.05) is 7.11 Å². The molecule has 3 aromatic carbocycles. The fourth-order valence-corrected chi connectivity index (χ4v) is 4.74. The van der Waals surface area contributed by atoms with E-state index in [1.54, 1.807) is 49.1 Å². The number of hydrogen-bond acceptors (Lipinski definition) is 6. The quantitative estimate of drug-likeness (QED) is 0.191. The minimum absolute atomic E-state index is 0.0188. The average Bonchev–Trinajstić information content (AvgIpc) is 3.42. The van der Waals surface area contributed by atoms with Crippen molar-refractivity contribution in [3.8, 4) is 34.5 Å². The van der Waals surface area contributed by atoms with Gasteiger partial charge in [-0.25, -0.2) is 4.68 Å². The van der Waals surface area contributed by atoms with Gasteiger partial charge in [0, 0.05) is 22.9 Å². The van der Waals surface area contributed by atoms with Crippen LogP contribution in [0.15, 0.2) is 102 Å².